The molecule has 0 saturated heterocycles. The van der Waals surface area contributed by atoms with E-state index in [9.17, 15) is 20.0 Å². The van der Waals surface area contributed by atoms with Crippen LogP contribution < -0.4 is 5.32 Å². The van der Waals surface area contributed by atoms with Gasteiger partial charge < -0.3 is 10.4 Å². The first-order chi connectivity index (χ1) is 9.79. The van der Waals surface area contributed by atoms with Crippen molar-refractivity contribution in [1.29, 1.82) is 0 Å². The molecule has 0 spiro atoms. The van der Waals surface area contributed by atoms with Crippen molar-refractivity contribution in [2.75, 3.05) is 5.32 Å². The molecule has 0 unspecified atom stereocenters. The number of aromatic carboxylic acids is 1. The van der Waals surface area contributed by atoms with Crippen LogP contribution in [0.2, 0.25) is 5.02 Å². The number of non-ortho nitro benzene ring substituents is 1. The number of carboxylic acid groups (broad SMARTS) is 1. The fourth-order valence-electron chi connectivity index (χ4n) is 1.85. The number of hydrogen-bond acceptors (Lipinski definition) is 5. The predicted molar refractivity (Wildman–Crippen MR) is 76.3 cm³/mol. The number of rotatable bonds is 4. The molecule has 0 atom stereocenters. The van der Waals surface area contributed by atoms with Crippen LogP contribution >= 0.6 is 11.6 Å². The summed E-state index contributed by atoms with van der Waals surface area (Å²) in [5.41, 5.74) is 0.633. The minimum absolute atomic E-state index is 0.0511. The number of anilines is 2. The van der Waals surface area contributed by atoms with Gasteiger partial charge in [-0.1, -0.05) is 11.6 Å². The number of aromatic nitrogens is 2. The van der Waals surface area contributed by atoms with E-state index in [1.807, 2.05) is 0 Å². The fraction of sp³-hybridized carbons (Fsp3) is 0.167. The highest BCUT2D eigenvalue weighted by Gasteiger charge is 2.21. The molecular weight excluding hydrogens is 300 g/mol. The van der Waals surface area contributed by atoms with Crippen molar-refractivity contribution in [2.45, 2.75) is 6.92 Å². The first kappa shape index (κ1) is 14.8. The summed E-state index contributed by atoms with van der Waals surface area (Å²) in [5, 5.41) is 26.9. The Morgan fingerprint density at radius 1 is 1.52 bits per heavy atom. The molecule has 1 aromatic carbocycles. The van der Waals surface area contributed by atoms with E-state index in [-0.39, 0.29) is 22.0 Å². The zero-order valence-electron chi connectivity index (χ0n) is 11.1. The number of benzene rings is 1. The van der Waals surface area contributed by atoms with Crippen LogP contribution in [-0.2, 0) is 7.05 Å². The average molecular weight is 311 g/mol. The van der Waals surface area contributed by atoms with Crippen LogP contribution in [0, 0.1) is 17.0 Å². The van der Waals surface area contributed by atoms with Gasteiger partial charge in [-0.3, -0.25) is 14.8 Å². The molecule has 0 amide bonds. The van der Waals surface area contributed by atoms with Crippen molar-refractivity contribution in [1.82, 2.24) is 9.78 Å². The first-order valence-corrected chi connectivity index (χ1v) is 6.16. The minimum atomic E-state index is -1.32. The highest BCUT2D eigenvalue weighted by atomic mass is 35.5. The van der Waals surface area contributed by atoms with Crippen molar-refractivity contribution < 1.29 is 14.8 Å². The third kappa shape index (κ3) is 2.95. The van der Waals surface area contributed by atoms with E-state index in [1.54, 1.807) is 24.9 Å². The number of nitro groups is 1. The Bertz CT molecular complexity index is 741. The second-order valence-electron chi connectivity index (χ2n) is 4.34. The van der Waals surface area contributed by atoms with E-state index in [0.717, 1.165) is 12.1 Å². The van der Waals surface area contributed by atoms with Gasteiger partial charge in [0, 0.05) is 25.4 Å². The summed E-state index contributed by atoms with van der Waals surface area (Å²) >= 11 is 5.97. The van der Waals surface area contributed by atoms with Crippen LogP contribution in [0.5, 0.6) is 0 Å². The number of aryl methyl sites for hydroxylation is 2. The lowest BCUT2D eigenvalue weighted by Gasteiger charge is -2.10. The Labute approximate surface area is 124 Å². The maximum absolute atomic E-state index is 11.3. The SMILES string of the molecule is Cc1nn(C)cc1Nc1c(Cl)cc([N+](=O)[O-])cc1C(=O)O. The van der Waals surface area contributed by atoms with Crippen molar-refractivity contribution in [2.24, 2.45) is 7.05 Å². The van der Waals surface area contributed by atoms with Crippen molar-refractivity contribution in [3.05, 3.63) is 44.7 Å². The summed E-state index contributed by atoms with van der Waals surface area (Å²) < 4.78 is 1.55. The maximum Gasteiger partial charge on any atom is 0.338 e. The Kier molecular flexibility index (Phi) is 3.81. The summed E-state index contributed by atoms with van der Waals surface area (Å²) in [5.74, 6) is -1.32. The van der Waals surface area contributed by atoms with Gasteiger partial charge in [0.15, 0.2) is 0 Å². The van der Waals surface area contributed by atoms with Gasteiger partial charge in [0.1, 0.15) is 0 Å². The highest BCUT2D eigenvalue weighted by molar-refractivity contribution is 6.34. The van der Waals surface area contributed by atoms with E-state index in [1.165, 1.54) is 0 Å². The molecule has 0 saturated carbocycles. The molecule has 0 radical (unpaired) electrons. The lowest BCUT2D eigenvalue weighted by Crippen LogP contribution is -2.05. The monoisotopic (exact) mass is 310 g/mol. The number of carboxylic acids is 1. The minimum Gasteiger partial charge on any atom is -0.478 e. The predicted octanol–water partition coefficient (Wildman–Crippen LogP) is 2.73. The molecular formula is C12H11ClN4O4. The second kappa shape index (κ2) is 5.41. The summed E-state index contributed by atoms with van der Waals surface area (Å²) in [6.45, 7) is 1.74. The Morgan fingerprint density at radius 3 is 2.67 bits per heavy atom. The van der Waals surface area contributed by atoms with Gasteiger partial charge in [-0.15, -0.1) is 0 Å². The lowest BCUT2D eigenvalue weighted by molar-refractivity contribution is -0.384. The van der Waals surface area contributed by atoms with E-state index in [0.29, 0.717) is 11.4 Å². The van der Waals surface area contributed by atoms with Crippen molar-refractivity contribution in [3.8, 4) is 0 Å². The van der Waals surface area contributed by atoms with Crippen LogP contribution in [0.15, 0.2) is 18.3 Å². The van der Waals surface area contributed by atoms with Gasteiger partial charge in [-0.2, -0.15) is 5.10 Å². The van der Waals surface area contributed by atoms with Gasteiger partial charge >= 0.3 is 5.97 Å². The summed E-state index contributed by atoms with van der Waals surface area (Å²) in [4.78, 5) is 21.4. The van der Waals surface area contributed by atoms with Gasteiger partial charge in [-0.25, -0.2) is 4.79 Å². The van der Waals surface area contributed by atoms with Gasteiger partial charge in [0.2, 0.25) is 0 Å². The first-order valence-electron chi connectivity index (χ1n) is 5.78. The molecule has 2 rings (SSSR count). The molecule has 0 bridgehead atoms. The summed E-state index contributed by atoms with van der Waals surface area (Å²) in [7, 11) is 1.72. The van der Waals surface area contributed by atoms with Crippen molar-refractivity contribution >= 4 is 34.6 Å². The van der Waals surface area contributed by atoms with Crippen LogP contribution in [-0.4, -0.2) is 25.8 Å². The molecule has 2 aromatic rings. The van der Waals surface area contributed by atoms with Gasteiger partial charge in [0.25, 0.3) is 5.69 Å². The van der Waals surface area contributed by atoms with Gasteiger partial charge in [0.05, 0.1) is 32.6 Å². The van der Waals surface area contributed by atoms with Crippen LogP contribution in [0.25, 0.3) is 0 Å². The topological polar surface area (TPSA) is 110 Å². The molecule has 0 fully saturated rings. The normalized spacial score (nSPS) is 10.4. The largest absolute Gasteiger partial charge is 0.478 e. The zero-order chi connectivity index (χ0) is 15.7. The second-order valence-corrected chi connectivity index (χ2v) is 4.75. The highest BCUT2D eigenvalue weighted by Crippen LogP contribution is 2.34. The van der Waals surface area contributed by atoms with E-state index in [4.69, 9.17) is 11.6 Å². The summed E-state index contributed by atoms with van der Waals surface area (Å²) in [6.07, 6.45) is 1.65. The number of carbonyl (C=O) groups is 1. The van der Waals surface area contributed by atoms with E-state index >= 15 is 0 Å². The molecule has 21 heavy (non-hydrogen) atoms. The zero-order valence-corrected chi connectivity index (χ0v) is 11.9. The smallest absolute Gasteiger partial charge is 0.338 e. The molecule has 1 aromatic heterocycles. The number of nitrogens with one attached hydrogen (secondary N) is 1. The third-order valence-electron chi connectivity index (χ3n) is 2.79. The third-order valence-corrected chi connectivity index (χ3v) is 3.09. The van der Waals surface area contributed by atoms with Crippen LogP contribution in [0.1, 0.15) is 16.1 Å². The molecule has 2 N–H and O–H groups in total. The molecule has 9 heteroatoms. The maximum atomic E-state index is 11.3. The van der Waals surface area contributed by atoms with E-state index < -0.39 is 10.9 Å². The fourth-order valence-corrected chi connectivity index (χ4v) is 2.11. The molecule has 0 aliphatic rings. The molecule has 0 aliphatic carbocycles. The summed E-state index contributed by atoms with van der Waals surface area (Å²) in [6, 6.07) is 2.06. The Morgan fingerprint density at radius 2 is 2.19 bits per heavy atom. The van der Waals surface area contributed by atoms with Crippen LogP contribution in [0.4, 0.5) is 17.1 Å². The number of halogens is 1. The van der Waals surface area contributed by atoms with Crippen LogP contribution in [0.3, 0.4) is 0 Å². The van der Waals surface area contributed by atoms with Gasteiger partial charge in [-0.05, 0) is 6.92 Å². The molecule has 8 nitrogen and oxygen atoms in total. The van der Waals surface area contributed by atoms with Crippen molar-refractivity contribution in [3.63, 3.8) is 0 Å². The lowest BCUT2D eigenvalue weighted by atomic mass is 10.1. The molecule has 1 heterocycles. The quantitative estimate of drug-likeness (QED) is 0.663. The molecule has 0 aliphatic heterocycles. The number of nitrogens with zero attached hydrogens (tertiary/aromatic N) is 3. The number of hydrogen-bond donors (Lipinski definition) is 2. The number of nitro benzene ring substituents is 1. The average Bonchev–Trinajstić information content (AvgIpc) is 2.69. The molecule has 110 valence electrons. The standard InChI is InChI=1S/C12H11ClN4O4/c1-6-10(5-16(2)15-6)14-11-8(12(18)19)3-7(17(20)21)4-9(11)13/h3-5,14H,1-2H3,(H,18,19). The Balaban J connectivity index is 2.54. The van der Waals surface area contributed by atoms with E-state index in [2.05, 4.69) is 10.4 Å². The Hall–Kier alpha value is -2.61.